The number of nitrogens with one attached hydrogen (secondary N) is 1. The quantitative estimate of drug-likeness (QED) is 0.662. The van der Waals surface area contributed by atoms with Crippen molar-refractivity contribution in [2.24, 2.45) is 0 Å². The Morgan fingerprint density at radius 2 is 1.96 bits per heavy atom. The Morgan fingerprint density at radius 3 is 2.68 bits per heavy atom. The predicted octanol–water partition coefficient (Wildman–Crippen LogP) is 4.99. The Morgan fingerprint density at radius 1 is 1.16 bits per heavy atom. The second kappa shape index (κ2) is 8.19. The van der Waals surface area contributed by atoms with Gasteiger partial charge in [-0.2, -0.15) is 0 Å². The molecule has 1 aromatic heterocycles. The highest BCUT2D eigenvalue weighted by Gasteiger charge is 2.18. The van der Waals surface area contributed by atoms with Gasteiger partial charge in [-0.05, 0) is 41.6 Å². The molecule has 0 unspecified atom stereocenters. The lowest BCUT2D eigenvalue weighted by Gasteiger charge is -2.18. The van der Waals surface area contributed by atoms with Crippen LogP contribution in [0.1, 0.15) is 22.0 Å². The number of hydrogen-bond donors (Lipinski definition) is 1. The number of halogens is 1. The zero-order valence-corrected chi connectivity index (χ0v) is 15.3. The molecule has 0 fully saturated rings. The van der Waals surface area contributed by atoms with Gasteiger partial charge in [-0.3, -0.25) is 4.79 Å². The fraction of sp³-hybridized carbons (Fsp3) is 0.150. The molecule has 0 aliphatic heterocycles. The Balaban J connectivity index is 1.70. The highest BCUT2D eigenvalue weighted by atomic mass is 35.5. The Labute approximate surface area is 156 Å². The molecular formula is C20H18ClNO2S. The van der Waals surface area contributed by atoms with E-state index in [0.717, 1.165) is 16.0 Å². The molecule has 0 aliphatic rings. The molecule has 0 spiro atoms. The smallest absolute Gasteiger partial charge is 0.258 e. The van der Waals surface area contributed by atoms with E-state index in [9.17, 15) is 4.79 Å². The summed E-state index contributed by atoms with van der Waals surface area (Å²) >= 11 is 7.72. The van der Waals surface area contributed by atoms with Crippen LogP contribution in [0.3, 0.4) is 0 Å². The van der Waals surface area contributed by atoms with Crippen LogP contribution in [-0.4, -0.2) is 12.5 Å². The normalized spacial score (nSPS) is 11.8. The van der Waals surface area contributed by atoms with E-state index < -0.39 is 0 Å². The summed E-state index contributed by atoms with van der Waals surface area (Å²) in [4.78, 5) is 13.5. The summed E-state index contributed by atoms with van der Waals surface area (Å²) in [5.41, 5.74) is 2.06. The standard InChI is InChI=1S/C20H18ClNO2S/c1-14-9-10-16(21)17(12-14)24-13-19(23)22-20(18-8-5-11-25-18)15-6-3-2-4-7-15/h2-12,20H,13H2,1H3,(H,22,23)/t20-/m0/s1. The maximum absolute atomic E-state index is 12.4. The van der Waals surface area contributed by atoms with Crippen molar-refractivity contribution in [1.82, 2.24) is 5.32 Å². The number of carbonyl (C=O) groups excluding carboxylic acids is 1. The van der Waals surface area contributed by atoms with Crippen molar-refractivity contribution >= 4 is 28.8 Å². The number of thiophene rings is 1. The van der Waals surface area contributed by atoms with Gasteiger partial charge in [-0.25, -0.2) is 0 Å². The Kier molecular flexibility index (Phi) is 5.74. The molecule has 0 bridgehead atoms. The van der Waals surface area contributed by atoms with Crippen LogP contribution >= 0.6 is 22.9 Å². The molecule has 5 heteroatoms. The van der Waals surface area contributed by atoms with Crippen molar-refractivity contribution in [3.8, 4) is 5.75 Å². The number of ether oxygens (including phenoxy) is 1. The van der Waals surface area contributed by atoms with E-state index in [0.29, 0.717) is 10.8 Å². The minimum absolute atomic E-state index is 0.0854. The van der Waals surface area contributed by atoms with Crippen LogP contribution in [-0.2, 0) is 4.79 Å². The number of aryl methyl sites for hydroxylation is 1. The Bertz CT molecular complexity index is 834. The van der Waals surface area contributed by atoms with Gasteiger partial charge < -0.3 is 10.1 Å². The summed E-state index contributed by atoms with van der Waals surface area (Å²) in [6.45, 7) is 1.86. The van der Waals surface area contributed by atoms with E-state index in [-0.39, 0.29) is 18.6 Å². The summed E-state index contributed by atoms with van der Waals surface area (Å²) < 4.78 is 5.59. The largest absolute Gasteiger partial charge is 0.482 e. The van der Waals surface area contributed by atoms with Gasteiger partial charge in [-0.15, -0.1) is 11.3 Å². The van der Waals surface area contributed by atoms with Crippen molar-refractivity contribution in [1.29, 1.82) is 0 Å². The van der Waals surface area contributed by atoms with Gasteiger partial charge in [0, 0.05) is 4.88 Å². The number of rotatable bonds is 6. The fourth-order valence-corrected chi connectivity index (χ4v) is 3.46. The molecule has 0 saturated heterocycles. The van der Waals surface area contributed by atoms with E-state index in [2.05, 4.69) is 5.32 Å². The second-order valence-corrected chi connectivity index (χ2v) is 7.04. The number of hydrogen-bond acceptors (Lipinski definition) is 3. The third kappa shape index (κ3) is 4.62. The van der Waals surface area contributed by atoms with Crippen molar-refractivity contribution in [2.45, 2.75) is 13.0 Å². The van der Waals surface area contributed by atoms with Gasteiger partial charge in [0.2, 0.25) is 0 Å². The van der Waals surface area contributed by atoms with Crippen LogP contribution in [0.25, 0.3) is 0 Å². The highest BCUT2D eigenvalue weighted by Crippen LogP contribution is 2.27. The number of carbonyl (C=O) groups is 1. The molecule has 128 valence electrons. The first-order chi connectivity index (χ1) is 12.1. The molecule has 1 amide bonds. The van der Waals surface area contributed by atoms with Crippen molar-refractivity contribution < 1.29 is 9.53 Å². The first-order valence-electron chi connectivity index (χ1n) is 7.90. The monoisotopic (exact) mass is 371 g/mol. The van der Waals surface area contributed by atoms with Gasteiger partial charge in [0.15, 0.2) is 6.61 Å². The van der Waals surface area contributed by atoms with Crippen LogP contribution in [0.5, 0.6) is 5.75 Å². The van der Waals surface area contributed by atoms with Gasteiger partial charge in [0.05, 0.1) is 11.1 Å². The van der Waals surface area contributed by atoms with Gasteiger partial charge >= 0.3 is 0 Å². The molecule has 2 aromatic carbocycles. The maximum Gasteiger partial charge on any atom is 0.258 e. The summed E-state index contributed by atoms with van der Waals surface area (Å²) in [6, 6.07) is 19.2. The average Bonchev–Trinajstić information content (AvgIpc) is 3.15. The van der Waals surface area contributed by atoms with Crippen LogP contribution in [0.2, 0.25) is 5.02 Å². The van der Waals surface area contributed by atoms with E-state index in [4.69, 9.17) is 16.3 Å². The number of benzene rings is 2. The van der Waals surface area contributed by atoms with E-state index in [1.807, 2.05) is 66.9 Å². The third-order valence-electron chi connectivity index (χ3n) is 3.71. The minimum Gasteiger partial charge on any atom is -0.482 e. The molecule has 0 radical (unpaired) electrons. The zero-order chi connectivity index (χ0) is 17.6. The lowest BCUT2D eigenvalue weighted by molar-refractivity contribution is -0.123. The van der Waals surface area contributed by atoms with E-state index in [1.165, 1.54) is 0 Å². The molecule has 3 nitrogen and oxygen atoms in total. The molecule has 0 saturated carbocycles. The predicted molar refractivity (Wildman–Crippen MR) is 102 cm³/mol. The lowest BCUT2D eigenvalue weighted by Crippen LogP contribution is -2.32. The molecule has 0 aliphatic carbocycles. The van der Waals surface area contributed by atoms with Crippen LogP contribution in [0.4, 0.5) is 0 Å². The second-order valence-electron chi connectivity index (χ2n) is 5.65. The fourth-order valence-electron chi connectivity index (χ4n) is 2.49. The van der Waals surface area contributed by atoms with Gasteiger partial charge in [0.25, 0.3) is 5.91 Å². The highest BCUT2D eigenvalue weighted by molar-refractivity contribution is 7.10. The van der Waals surface area contributed by atoms with Gasteiger partial charge in [0.1, 0.15) is 5.75 Å². The van der Waals surface area contributed by atoms with Crippen LogP contribution < -0.4 is 10.1 Å². The van der Waals surface area contributed by atoms with E-state index >= 15 is 0 Å². The summed E-state index contributed by atoms with van der Waals surface area (Å²) in [6.07, 6.45) is 0. The molecule has 1 atom stereocenters. The van der Waals surface area contributed by atoms with Crippen molar-refractivity contribution in [2.75, 3.05) is 6.61 Å². The van der Waals surface area contributed by atoms with Crippen LogP contribution in [0.15, 0.2) is 66.0 Å². The molecule has 1 N–H and O–H groups in total. The van der Waals surface area contributed by atoms with E-state index in [1.54, 1.807) is 17.4 Å². The molecule has 25 heavy (non-hydrogen) atoms. The van der Waals surface area contributed by atoms with Crippen molar-refractivity contribution in [3.05, 3.63) is 87.1 Å². The molecule has 1 heterocycles. The van der Waals surface area contributed by atoms with Crippen LogP contribution in [0, 0.1) is 6.92 Å². The molecule has 3 rings (SSSR count). The molecular weight excluding hydrogens is 354 g/mol. The summed E-state index contributed by atoms with van der Waals surface area (Å²) in [7, 11) is 0. The SMILES string of the molecule is Cc1ccc(Cl)c(OCC(=O)N[C@@H](c2ccccc2)c2cccs2)c1. The molecule has 3 aromatic rings. The Hall–Kier alpha value is -2.30. The minimum atomic E-state index is -0.195. The van der Waals surface area contributed by atoms with Gasteiger partial charge in [-0.1, -0.05) is 54.1 Å². The van der Waals surface area contributed by atoms with Crippen molar-refractivity contribution in [3.63, 3.8) is 0 Å². The first kappa shape index (κ1) is 17.5. The average molecular weight is 372 g/mol. The zero-order valence-electron chi connectivity index (χ0n) is 13.7. The first-order valence-corrected chi connectivity index (χ1v) is 9.16. The summed E-state index contributed by atoms with van der Waals surface area (Å²) in [5, 5.41) is 5.54. The lowest BCUT2D eigenvalue weighted by atomic mass is 10.1. The number of amides is 1. The third-order valence-corrected chi connectivity index (χ3v) is 4.96. The summed E-state index contributed by atoms with van der Waals surface area (Å²) in [5.74, 6) is 0.323. The maximum atomic E-state index is 12.4. The topological polar surface area (TPSA) is 38.3 Å².